The van der Waals surface area contributed by atoms with Crippen molar-refractivity contribution in [3.63, 3.8) is 0 Å². The number of hydrogen-bond acceptors (Lipinski definition) is 5. The van der Waals surface area contributed by atoms with Crippen molar-refractivity contribution in [1.29, 1.82) is 5.26 Å². The van der Waals surface area contributed by atoms with Crippen LogP contribution in [0.2, 0.25) is 0 Å². The van der Waals surface area contributed by atoms with E-state index in [1.54, 1.807) is 6.07 Å². The van der Waals surface area contributed by atoms with E-state index in [1.807, 2.05) is 18.2 Å². The third kappa shape index (κ3) is 2.63. The van der Waals surface area contributed by atoms with E-state index in [0.29, 0.717) is 11.4 Å². The molecule has 0 spiro atoms. The van der Waals surface area contributed by atoms with Crippen molar-refractivity contribution in [3.8, 4) is 17.5 Å². The highest BCUT2D eigenvalue weighted by molar-refractivity contribution is 5.59. The van der Waals surface area contributed by atoms with Crippen molar-refractivity contribution in [1.82, 2.24) is 20.5 Å². The average molecular weight is 268 g/mol. The minimum absolute atomic E-state index is 0.624. The molecule has 1 aliphatic rings. The molecule has 1 aromatic heterocycles. The van der Waals surface area contributed by atoms with Gasteiger partial charge in [0.15, 0.2) is 5.82 Å². The zero-order chi connectivity index (χ0) is 13.8. The van der Waals surface area contributed by atoms with Crippen molar-refractivity contribution < 1.29 is 0 Å². The molecule has 0 radical (unpaired) electrons. The molecule has 3 rings (SSSR count). The first-order chi connectivity index (χ1) is 9.86. The predicted octanol–water partition coefficient (Wildman–Crippen LogP) is 1.14. The van der Waals surface area contributed by atoms with Gasteiger partial charge in [-0.25, -0.2) is 0 Å². The van der Waals surface area contributed by atoms with Crippen LogP contribution in [-0.4, -0.2) is 41.4 Å². The van der Waals surface area contributed by atoms with Crippen molar-refractivity contribution in [3.05, 3.63) is 29.8 Å². The third-order valence-electron chi connectivity index (χ3n) is 3.36. The standard InChI is InChI=1S/C14H16N6/c15-10-11-3-1-4-12(9-11)13-17-14(19-18-13)20-7-2-5-16-6-8-20/h1,3-4,9,16H,2,5-8H2,(H,17,18,19). The van der Waals surface area contributed by atoms with E-state index in [-0.39, 0.29) is 0 Å². The SMILES string of the molecule is N#Cc1cccc(-c2nc(N3CCCNCC3)n[nH]2)c1. The van der Waals surface area contributed by atoms with Crippen LogP contribution in [0.4, 0.5) is 5.95 Å². The molecule has 6 heteroatoms. The van der Waals surface area contributed by atoms with Crippen LogP contribution in [0.5, 0.6) is 0 Å². The first kappa shape index (κ1) is 12.6. The average Bonchev–Trinajstić information content (AvgIpc) is 2.83. The molecule has 2 aromatic rings. The molecule has 2 heterocycles. The second-order valence-corrected chi connectivity index (χ2v) is 4.77. The summed E-state index contributed by atoms with van der Waals surface area (Å²) in [6.07, 6.45) is 1.09. The van der Waals surface area contributed by atoms with E-state index < -0.39 is 0 Å². The van der Waals surface area contributed by atoms with Gasteiger partial charge in [-0.3, -0.25) is 5.10 Å². The number of anilines is 1. The van der Waals surface area contributed by atoms with Crippen LogP contribution in [0.1, 0.15) is 12.0 Å². The van der Waals surface area contributed by atoms with Gasteiger partial charge in [0, 0.05) is 25.2 Å². The Kier molecular flexibility index (Phi) is 3.61. The number of nitriles is 1. The lowest BCUT2D eigenvalue weighted by molar-refractivity contribution is 0.724. The van der Waals surface area contributed by atoms with Gasteiger partial charge in [-0.05, 0) is 25.1 Å². The summed E-state index contributed by atoms with van der Waals surface area (Å²) < 4.78 is 0. The van der Waals surface area contributed by atoms with Gasteiger partial charge in [-0.1, -0.05) is 12.1 Å². The van der Waals surface area contributed by atoms with Crippen LogP contribution in [-0.2, 0) is 0 Å². The highest BCUT2D eigenvalue weighted by Gasteiger charge is 2.14. The largest absolute Gasteiger partial charge is 0.338 e. The van der Waals surface area contributed by atoms with Gasteiger partial charge < -0.3 is 10.2 Å². The highest BCUT2D eigenvalue weighted by atomic mass is 15.4. The maximum atomic E-state index is 8.94. The van der Waals surface area contributed by atoms with Gasteiger partial charge in [0.1, 0.15) is 0 Å². The van der Waals surface area contributed by atoms with Crippen LogP contribution < -0.4 is 10.2 Å². The number of H-pyrrole nitrogens is 1. The lowest BCUT2D eigenvalue weighted by Crippen LogP contribution is -2.28. The van der Waals surface area contributed by atoms with Crippen LogP contribution in [0, 0.1) is 11.3 Å². The summed E-state index contributed by atoms with van der Waals surface area (Å²) in [5.74, 6) is 1.43. The molecule has 0 amide bonds. The summed E-state index contributed by atoms with van der Waals surface area (Å²) in [7, 11) is 0. The van der Waals surface area contributed by atoms with E-state index >= 15 is 0 Å². The van der Waals surface area contributed by atoms with Crippen LogP contribution >= 0.6 is 0 Å². The molecule has 1 aromatic carbocycles. The fourth-order valence-electron chi connectivity index (χ4n) is 2.31. The fraction of sp³-hybridized carbons (Fsp3) is 0.357. The quantitative estimate of drug-likeness (QED) is 0.853. The molecule has 1 saturated heterocycles. The Hall–Kier alpha value is -2.39. The lowest BCUT2D eigenvalue weighted by atomic mass is 10.1. The van der Waals surface area contributed by atoms with Gasteiger partial charge in [0.05, 0.1) is 11.6 Å². The van der Waals surface area contributed by atoms with Crippen molar-refractivity contribution in [2.24, 2.45) is 0 Å². The smallest absolute Gasteiger partial charge is 0.245 e. The Morgan fingerprint density at radius 3 is 3.10 bits per heavy atom. The maximum Gasteiger partial charge on any atom is 0.245 e. The normalized spacial score (nSPS) is 15.7. The Morgan fingerprint density at radius 1 is 1.25 bits per heavy atom. The Bertz CT molecular complexity index is 619. The van der Waals surface area contributed by atoms with Crippen LogP contribution in [0.3, 0.4) is 0 Å². The molecule has 0 atom stereocenters. The van der Waals surface area contributed by atoms with Crippen molar-refractivity contribution >= 4 is 5.95 Å². The Labute approximate surface area is 117 Å². The number of nitrogens with zero attached hydrogens (tertiary/aromatic N) is 4. The third-order valence-corrected chi connectivity index (χ3v) is 3.36. The first-order valence-electron chi connectivity index (χ1n) is 6.75. The van der Waals surface area contributed by atoms with Gasteiger partial charge in [-0.2, -0.15) is 10.2 Å². The van der Waals surface area contributed by atoms with Crippen LogP contribution in [0.15, 0.2) is 24.3 Å². The predicted molar refractivity (Wildman–Crippen MR) is 76.2 cm³/mol. The molecule has 0 aliphatic carbocycles. The molecule has 2 N–H and O–H groups in total. The van der Waals surface area contributed by atoms with E-state index in [9.17, 15) is 0 Å². The minimum atomic E-state index is 0.624. The van der Waals surface area contributed by atoms with Gasteiger partial charge in [-0.15, -0.1) is 5.10 Å². The fourth-order valence-corrected chi connectivity index (χ4v) is 2.31. The zero-order valence-electron chi connectivity index (χ0n) is 11.1. The number of rotatable bonds is 2. The zero-order valence-corrected chi connectivity index (χ0v) is 11.1. The maximum absolute atomic E-state index is 8.94. The van der Waals surface area contributed by atoms with E-state index in [1.165, 1.54) is 0 Å². The number of hydrogen-bond donors (Lipinski definition) is 2. The molecule has 6 nitrogen and oxygen atoms in total. The number of nitrogens with one attached hydrogen (secondary N) is 2. The second-order valence-electron chi connectivity index (χ2n) is 4.77. The van der Waals surface area contributed by atoms with Gasteiger partial charge in [0.2, 0.25) is 5.95 Å². The summed E-state index contributed by atoms with van der Waals surface area (Å²) in [5.41, 5.74) is 1.51. The molecule has 0 unspecified atom stereocenters. The lowest BCUT2D eigenvalue weighted by Gasteiger charge is -2.16. The number of benzene rings is 1. The summed E-state index contributed by atoms with van der Waals surface area (Å²) in [5, 5.41) is 19.5. The van der Waals surface area contributed by atoms with E-state index in [4.69, 9.17) is 5.26 Å². The Balaban J connectivity index is 1.84. The summed E-state index contributed by atoms with van der Waals surface area (Å²) in [6.45, 7) is 3.86. The topological polar surface area (TPSA) is 80.6 Å². The van der Waals surface area contributed by atoms with Gasteiger partial charge in [0.25, 0.3) is 0 Å². The molecule has 0 saturated carbocycles. The molecular formula is C14H16N6. The Morgan fingerprint density at radius 2 is 2.20 bits per heavy atom. The van der Waals surface area contributed by atoms with Crippen LogP contribution in [0.25, 0.3) is 11.4 Å². The minimum Gasteiger partial charge on any atom is -0.338 e. The highest BCUT2D eigenvalue weighted by Crippen LogP contribution is 2.19. The summed E-state index contributed by atoms with van der Waals surface area (Å²) in [4.78, 5) is 6.72. The molecule has 102 valence electrons. The summed E-state index contributed by atoms with van der Waals surface area (Å²) >= 11 is 0. The van der Waals surface area contributed by atoms with E-state index in [0.717, 1.165) is 44.1 Å². The number of aromatic nitrogens is 3. The molecular weight excluding hydrogens is 252 g/mol. The molecule has 0 bridgehead atoms. The van der Waals surface area contributed by atoms with E-state index in [2.05, 4.69) is 31.5 Å². The second kappa shape index (κ2) is 5.72. The van der Waals surface area contributed by atoms with Gasteiger partial charge >= 0.3 is 0 Å². The van der Waals surface area contributed by atoms with Crippen molar-refractivity contribution in [2.75, 3.05) is 31.1 Å². The molecule has 1 fully saturated rings. The molecule has 20 heavy (non-hydrogen) atoms. The van der Waals surface area contributed by atoms with Crippen molar-refractivity contribution in [2.45, 2.75) is 6.42 Å². The number of aromatic amines is 1. The first-order valence-corrected chi connectivity index (χ1v) is 6.75. The monoisotopic (exact) mass is 268 g/mol. The summed E-state index contributed by atoms with van der Waals surface area (Å²) in [6, 6.07) is 9.51. The molecule has 1 aliphatic heterocycles.